The lowest BCUT2D eigenvalue weighted by molar-refractivity contribution is 0.283. The Morgan fingerprint density at radius 2 is 1.64 bits per heavy atom. The third kappa shape index (κ3) is 5.75. The quantitative estimate of drug-likeness (QED) is 0.216. The van der Waals surface area contributed by atoms with Crippen LogP contribution in [0.2, 0.25) is 0 Å². The zero-order chi connectivity index (χ0) is 19.6. The topological polar surface area (TPSA) is 9.23 Å². The molecule has 0 bridgehead atoms. The SMILES string of the molecule is C#C/C=C\C=C(/Cc1ccccc1P(C1CCCCC1)C1CCCCC1)OC. The predicted octanol–water partition coefficient (Wildman–Crippen LogP) is 6.72. The van der Waals surface area contributed by atoms with Crippen LogP contribution in [0.25, 0.3) is 0 Å². The van der Waals surface area contributed by atoms with Gasteiger partial charge in [-0.25, -0.2) is 0 Å². The standard InChI is InChI=1S/C26H35OP/c1-3-4-7-15-23(27-2)21-22-14-12-13-20-26(22)28(24-16-8-5-9-17-24)25-18-10-6-11-19-25/h1,4,7,12-15,20,24-25H,5-6,8-11,16-19,21H2,2H3/b7-4-,23-15+. The predicted molar refractivity (Wildman–Crippen MR) is 124 cm³/mol. The Labute approximate surface area is 173 Å². The molecule has 0 amide bonds. The number of terminal acetylenes is 1. The summed E-state index contributed by atoms with van der Waals surface area (Å²) in [7, 11) is 1.67. The van der Waals surface area contributed by atoms with Gasteiger partial charge in [-0.3, -0.25) is 0 Å². The molecule has 1 nitrogen and oxygen atoms in total. The summed E-state index contributed by atoms with van der Waals surface area (Å²) >= 11 is 0. The lowest BCUT2D eigenvalue weighted by Gasteiger charge is -2.39. The fraction of sp³-hybridized carbons (Fsp3) is 0.538. The maximum Gasteiger partial charge on any atom is 0.0999 e. The molecule has 0 N–H and O–H groups in total. The molecule has 150 valence electrons. The molecular formula is C26H35OP. The number of benzene rings is 1. The summed E-state index contributed by atoms with van der Waals surface area (Å²) in [5.41, 5.74) is 3.31. The van der Waals surface area contributed by atoms with Crippen LogP contribution in [0.15, 0.2) is 48.3 Å². The summed E-state index contributed by atoms with van der Waals surface area (Å²) < 4.78 is 5.67. The molecule has 3 rings (SSSR count). The van der Waals surface area contributed by atoms with Gasteiger partial charge in [0.05, 0.1) is 12.9 Å². The van der Waals surface area contributed by atoms with Gasteiger partial charge >= 0.3 is 0 Å². The lowest BCUT2D eigenvalue weighted by Crippen LogP contribution is -2.28. The van der Waals surface area contributed by atoms with Gasteiger partial charge in [-0.2, -0.15) is 0 Å². The summed E-state index contributed by atoms with van der Waals surface area (Å²) in [6.07, 6.45) is 26.2. The minimum Gasteiger partial charge on any atom is -0.501 e. The molecule has 0 heterocycles. The van der Waals surface area contributed by atoms with E-state index < -0.39 is 0 Å². The Balaban J connectivity index is 1.90. The second kappa shape index (κ2) is 11.5. The third-order valence-electron chi connectivity index (χ3n) is 6.31. The first-order valence-electron chi connectivity index (χ1n) is 11.1. The van der Waals surface area contributed by atoms with Crippen molar-refractivity contribution in [2.45, 2.75) is 81.9 Å². The fourth-order valence-corrected chi connectivity index (χ4v) is 8.89. The number of ether oxygens (including phenoxy) is 1. The van der Waals surface area contributed by atoms with Gasteiger partial charge in [-0.1, -0.05) is 82.7 Å². The van der Waals surface area contributed by atoms with Crippen molar-refractivity contribution in [1.82, 2.24) is 0 Å². The highest BCUT2D eigenvalue weighted by Gasteiger charge is 2.33. The molecule has 1 aromatic rings. The van der Waals surface area contributed by atoms with Gasteiger partial charge in [0.25, 0.3) is 0 Å². The molecule has 0 saturated heterocycles. The van der Waals surface area contributed by atoms with Crippen molar-refractivity contribution in [2.75, 3.05) is 7.11 Å². The van der Waals surface area contributed by atoms with E-state index in [2.05, 4.69) is 30.2 Å². The number of hydrogen-bond acceptors (Lipinski definition) is 1. The zero-order valence-electron chi connectivity index (χ0n) is 17.4. The van der Waals surface area contributed by atoms with Crippen molar-refractivity contribution in [1.29, 1.82) is 0 Å². The van der Waals surface area contributed by atoms with E-state index in [1.54, 1.807) is 18.5 Å². The van der Waals surface area contributed by atoms with Crippen molar-refractivity contribution in [3.8, 4) is 12.3 Å². The van der Waals surface area contributed by atoms with Crippen molar-refractivity contribution in [3.63, 3.8) is 0 Å². The first-order valence-corrected chi connectivity index (χ1v) is 12.5. The molecular weight excluding hydrogens is 359 g/mol. The maximum atomic E-state index is 5.67. The number of hydrogen-bond donors (Lipinski definition) is 0. The Morgan fingerprint density at radius 3 is 2.21 bits per heavy atom. The molecule has 0 spiro atoms. The molecule has 1 aromatic carbocycles. The summed E-state index contributed by atoms with van der Waals surface area (Å²) in [5, 5.41) is 1.65. The summed E-state index contributed by atoms with van der Waals surface area (Å²) in [6, 6.07) is 9.22. The van der Waals surface area contributed by atoms with E-state index in [0.29, 0.717) is 0 Å². The maximum absolute atomic E-state index is 5.67. The van der Waals surface area contributed by atoms with Crippen LogP contribution in [0.3, 0.4) is 0 Å². The monoisotopic (exact) mass is 394 g/mol. The minimum absolute atomic E-state index is 0.0976. The highest BCUT2D eigenvalue weighted by atomic mass is 31.1. The van der Waals surface area contributed by atoms with Crippen molar-refractivity contribution < 1.29 is 4.74 Å². The lowest BCUT2D eigenvalue weighted by atomic mass is 9.99. The molecule has 0 atom stereocenters. The van der Waals surface area contributed by atoms with E-state index in [-0.39, 0.29) is 7.92 Å². The van der Waals surface area contributed by atoms with E-state index >= 15 is 0 Å². The Kier molecular flexibility index (Phi) is 8.70. The highest BCUT2D eigenvalue weighted by molar-refractivity contribution is 7.67. The first kappa shape index (κ1) is 21.2. The molecule has 0 aliphatic heterocycles. The third-order valence-corrected chi connectivity index (χ3v) is 9.91. The minimum atomic E-state index is -0.0976. The van der Waals surface area contributed by atoms with E-state index in [1.165, 1.54) is 69.8 Å². The van der Waals surface area contributed by atoms with E-state index in [1.807, 2.05) is 12.2 Å². The molecule has 2 saturated carbocycles. The highest BCUT2D eigenvalue weighted by Crippen LogP contribution is 2.55. The van der Waals surface area contributed by atoms with Crippen LogP contribution in [0, 0.1) is 12.3 Å². The van der Waals surface area contributed by atoms with Gasteiger partial charge in [0.1, 0.15) is 0 Å². The second-order valence-electron chi connectivity index (χ2n) is 8.16. The Bertz CT molecular complexity index is 681. The summed E-state index contributed by atoms with van der Waals surface area (Å²) in [6.45, 7) is 0. The number of allylic oxidation sites excluding steroid dienone is 4. The van der Waals surface area contributed by atoms with E-state index in [0.717, 1.165) is 23.5 Å². The molecule has 0 radical (unpaired) electrons. The van der Waals surface area contributed by atoms with Gasteiger partial charge in [0, 0.05) is 6.42 Å². The molecule has 2 aliphatic rings. The van der Waals surface area contributed by atoms with Crippen LogP contribution in [-0.2, 0) is 11.2 Å². The van der Waals surface area contributed by atoms with E-state index in [9.17, 15) is 0 Å². The van der Waals surface area contributed by atoms with Gasteiger partial charge in [0.2, 0.25) is 0 Å². The van der Waals surface area contributed by atoms with E-state index in [4.69, 9.17) is 11.2 Å². The molecule has 0 unspecified atom stereocenters. The van der Waals surface area contributed by atoms with Gasteiger partial charge in [0.15, 0.2) is 0 Å². The van der Waals surface area contributed by atoms with Gasteiger partial charge in [-0.05, 0) is 60.0 Å². The largest absolute Gasteiger partial charge is 0.501 e. The van der Waals surface area contributed by atoms with Gasteiger partial charge in [-0.15, -0.1) is 6.42 Å². The smallest absolute Gasteiger partial charge is 0.0999 e. The average molecular weight is 395 g/mol. The molecule has 0 aromatic heterocycles. The average Bonchev–Trinajstić information content (AvgIpc) is 2.76. The first-order chi connectivity index (χ1) is 13.8. The van der Waals surface area contributed by atoms with Crippen LogP contribution >= 0.6 is 7.92 Å². The number of rotatable bonds is 7. The van der Waals surface area contributed by atoms with Crippen molar-refractivity contribution >= 4 is 13.2 Å². The number of methoxy groups -OCH3 is 1. The van der Waals surface area contributed by atoms with Crippen LogP contribution in [0.4, 0.5) is 0 Å². The zero-order valence-corrected chi connectivity index (χ0v) is 18.3. The second-order valence-corrected chi connectivity index (χ2v) is 10.9. The fourth-order valence-electron chi connectivity index (χ4n) is 4.92. The van der Waals surface area contributed by atoms with Crippen LogP contribution in [-0.4, -0.2) is 18.4 Å². The normalized spacial score (nSPS) is 19.8. The van der Waals surface area contributed by atoms with Crippen LogP contribution in [0.5, 0.6) is 0 Å². The Hall–Kier alpha value is -1.51. The Morgan fingerprint density at radius 1 is 1.04 bits per heavy atom. The molecule has 28 heavy (non-hydrogen) atoms. The van der Waals surface area contributed by atoms with Gasteiger partial charge < -0.3 is 4.74 Å². The van der Waals surface area contributed by atoms with Crippen LogP contribution in [0.1, 0.15) is 69.8 Å². The summed E-state index contributed by atoms with van der Waals surface area (Å²) in [4.78, 5) is 0. The summed E-state index contributed by atoms with van der Waals surface area (Å²) in [5.74, 6) is 3.54. The van der Waals surface area contributed by atoms with Crippen molar-refractivity contribution in [2.24, 2.45) is 0 Å². The molecule has 2 fully saturated rings. The van der Waals surface area contributed by atoms with Crippen molar-refractivity contribution in [3.05, 3.63) is 53.8 Å². The molecule has 2 aliphatic carbocycles. The van der Waals surface area contributed by atoms with Crippen LogP contribution < -0.4 is 5.30 Å². The molecule has 2 heteroatoms.